The minimum Gasteiger partial charge on any atom is -0.396 e. The van der Waals surface area contributed by atoms with Crippen LogP contribution >= 0.6 is 0 Å². The van der Waals surface area contributed by atoms with Crippen molar-refractivity contribution in [3.05, 3.63) is 35.4 Å². The van der Waals surface area contributed by atoms with Gasteiger partial charge in [-0.1, -0.05) is 24.3 Å². The Hall–Kier alpha value is -1.92. The fourth-order valence-electron chi connectivity index (χ4n) is 2.94. The summed E-state index contributed by atoms with van der Waals surface area (Å²) in [5.74, 6) is -0.335. The maximum Gasteiger partial charge on any atom is 0.248 e. The molecule has 1 saturated carbocycles. The van der Waals surface area contributed by atoms with Crippen LogP contribution in [0.15, 0.2) is 24.3 Å². The maximum atomic E-state index is 12.2. The normalized spacial score (nSPS) is 18.0. The average Bonchev–Trinajstić information content (AvgIpc) is 3.40. The number of carbonyl (C=O) groups is 2. The van der Waals surface area contributed by atoms with E-state index in [9.17, 15) is 14.7 Å². The summed E-state index contributed by atoms with van der Waals surface area (Å²) in [5, 5.41) is 12.0. The largest absolute Gasteiger partial charge is 0.396 e. The van der Waals surface area contributed by atoms with Crippen LogP contribution in [-0.2, 0) is 27.3 Å². The molecular formula is C18H24N2O4. The summed E-state index contributed by atoms with van der Waals surface area (Å²) in [6.07, 6.45) is 2.74. The number of carbonyl (C=O) groups excluding carboxylic acids is 2. The topological polar surface area (TPSA) is 78.9 Å². The Kier molecular flexibility index (Phi) is 5.16. The molecule has 2 aliphatic rings. The van der Waals surface area contributed by atoms with Crippen molar-refractivity contribution in [3.8, 4) is 0 Å². The second-order valence-corrected chi connectivity index (χ2v) is 6.76. The number of ether oxygens (including phenoxy) is 1. The van der Waals surface area contributed by atoms with Crippen molar-refractivity contribution in [2.45, 2.75) is 25.8 Å². The molecule has 0 spiro atoms. The molecule has 1 aromatic carbocycles. The van der Waals surface area contributed by atoms with Gasteiger partial charge in [0.05, 0.1) is 6.61 Å². The van der Waals surface area contributed by atoms with E-state index < -0.39 is 0 Å². The highest BCUT2D eigenvalue weighted by atomic mass is 16.5. The van der Waals surface area contributed by atoms with Gasteiger partial charge in [-0.2, -0.15) is 0 Å². The van der Waals surface area contributed by atoms with Crippen molar-refractivity contribution < 1.29 is 19.4 Å². The van der Waals surface area contributed by atoms with Crippen molar-refractivity contribution in [2.24, 2.45) is 5.41 Å². The second kappa shape index (κ2) is 7.32. The number of nitrogens with zero attached hydrogens (tertiary/aromatic N) is 1. The molecule has 130 valence electrons. The number of amides is 2. The lowest BCUT2D eigenvalue weighted by molar-refractivity contribution is -0.139. The van der Waals surface area contributed by atoms with Gasteiger partial charge in [0, 0.05) is 25.0 Å². The van der Waals surface area contributed by atoms with Crippen LogP contribution in [0.4, 0.5) is 0 Å². The summed E-state index contributed by atoms with van der Waals surface area (Å²) in [6, 6.07) is 8.13. The number of hydrogen-bond donors (Lipinski definition) is 2. The first-order valence-electron chi connectivity index (χ1n) is 8.42. The lowest BCUT2D eigenvalue weighted by Crippen LogP contribution is -2.39. The molecule has 0 aromatic heterocycles. The highest BCUT2D eigenvalue weighted by Gasteiger charge is 2.42. The molecule has 6 heteroatoms. The molecule has 24 heavy (non-hydrogen) atoms. The zero-order valence-electron chi connectivity index (χ0n) is 13.8. The van der Waals surface area contributed by atoms with Crippen LogP contribution in [0.2, 0.25) is 0 Å². The lowest BCUT2D eigenvalue weighted by Gasteiger charge is -2.28. The van der Waals surface area contributed by atoms with Gasteiger partial charge in [-0.05, 0) is 30.4 Å². The minimum absolute atomic E-state index is 0.0826. The van der Waals surface area contributed by atoms with Crippen LogP contribution < -0.4 is 5.32 Å². The van der Waals surface area contributed by atoms with E-state index in [1.54, 1.807) is 4.90 Å². The molecule has 0 radical (unpaired) electrons. The number of fused-ring (bicyclic) bond motifs is 1. The van der Waals surface area contributed by atoms with Crippen molar-refractivity contribution in [1.82, 2.24) is 10.2 Å². The Morgan fingerprint density at radius 1 is 1.21 bits per heavy atom. The number of aliphatic hydroxyl groups excluding tert-OH is 1. The number of benzene rings is 1. The molecule has 2 amide bonds. The van der Waals surface area contributed by atoms with E-state index in [4.69, 9.17) is 4.74 Å². The Bertz CT molecular complexity index is 613. The molecule has 2 N–H and O–H groups in total. The highest BCUT2D eigenvalue weighted by molar-refractivity contribution is 5.80. The van der Waals surface area contributed by atoms with E-state index in [-0.39, 0.29) is 37.0 Å². The van der Waals surface area contributed by atoms with Crippen molar-refractivity contribution >= 4 is 11.8 Å². The zero-order valence-corrected chi connectivity index (χ0v) is 13.8. The smallest absolute Gasteiger partial charge is 0.248 e. The fourth-order valence-corrected chi connectivity index (χ4v) is 2.94. The van der Waals surface area contributed by atoms with Crippen LogP contribution in [0.25, 0.3) is 0 Å². The van der Waals surface area contributed by atoms with Crippen LogP contribution in [0, 0.1) is 5.41 Å². The van der Waals surface area contributed by atoms with Crippen molar-refractivity contribution in [2.75, 3.05) is 32.9 Å². The van der Waals surface area contributed by atoms with E-state index in [0.717, 1.165) is 19.3 Å². The van der Waals surface area contributed by atoms with E-state index >= 15 is 0 Å². The molecule has 1 heterocycles. The van der Waals surface area contributed by atoms with Crippen LogP contribution in [0.5, 0.6) is 0 Å². The third-order valence-corrected chi connectivity index (χ3v) is 4.90. The summed E-state index contributed by atoms with van der Waals surface area (Å²) in [7, 11) is 0. The molecule has 0 bridgehead atoms. The first-order chi connectivity index (χ1) is 11.6. The molecular weight excluding hydrogens is 308 g/mol. The third kappa shape index (κ3) is 4.13. The van der Waals surface area contributed by atoms with E-state index in [1.807, 2.05) is 18.2 Å². The van der Waals surface area contributed by atoms with E-state index in [2.05, 4.69) is 11.4 Å². The second-order valence-electron chi connectivity index (χ2n) is 6.76. The summed E-state index contributed by atoms with van der Waals surface area (Å²) in [6.45, 7) is 1.65. The van der Waals surface area contributed by atoms with Gasteiger partial charge >= 0.3 is 0 Å². The van der Waals surface area contributed by atoms with E-state index in [0.29, 0.717) is 19.6 Å². The molecule has 1 aliphatic heterocycles. The highest BCUT2D eigenvalue weighted by Crippen LogP contribution is 2.44. The standard InChI is InChI=1S/C18H24N2O4/c21-13-18(6-7-18)12-19-16(22)10-24-11-17(23)20-8-5-14-3-1-2-4-15(14)9-20/h1-4,21H,5-13H2,(H,19,22). The van der Waals surface area contributed by atoms with Crippen molar-refractivity contribution in [1.29, 1.82) is 0 Å². The molecule has 1 aliphatic carbocycles. The van der Waals surface area contributed by atoms with Gasteiger partial charge in [0.1, 0.15) is 13.2 Å². The molecule has 1 aromatic rings. The molecule has 3 rings (SSSR count). The number of rotatable bonds is 7. The zero-order chi connectivity index (χ0) is 17.0. The summed E-state index contributed by atoms with van der Waals surface area (Å²) >= 11 is 0. The monoisotopic (exact) mass is 332 g/mol. The van der Waals surface area contributed by atoms with Gasteiger partial charge in [-0.15, -0.1) is 0 Å². The number of nitrogens with one attached hydrogen (secondary N) is 1. The average molecular weight is 332 g/mol. The van der Waals surface area contributed by atoms with Gasteiger partial charge < -0.3 is 20.1 Å². The third-order valence-electron chi connectivity index (χ3n) is 4.90. The quantitative estimate of drug-likeness (QED) is 0.761. The molecule has 0 unspecified atom stereocenters. The predicted octanol–water partition coefficient (Wildman–Crippen LogP) is 0.477. The maximum absolute atomic E-state index is 12.2. The lowest BCUT2D eigenvalue weighted by atomic mass is 10.00. The van der Waals surface area contributed by atoms with Gasteiger partial charge in [0.2, 0.25) is 11.8 Å². The Morgan fingerprint density at radius 3 is 2.67 bits per heavy atom. The number of hydrogen-bond acceptors (Lipinski definition) is 4. The molecule has 0 atom stereocenters. The van der Waals surface area contributed by atoms with Crippen LogP contribution in [0.1, 0.15) is 24.0 Å². The van der Waals surface area contributed by atoms with Crippen LogP contribution in [-0.4, -0.2) is 54.7 Å². The molecule has 6 nitrogen and oxygen atoms in total. The van der Waals surface area contributed by atoms with Gasteiger partial charge in [0.15, 0.2) is 0 Å². The van der Waals surface area contributed by atoms with Crippen molar-refractivity contribution in [3.63, 3.8) is 0 Å². The summed E-state index contributed by atoms with van der Waals surface area (Å²) < 4.78 is 5.25. The summed E-state index contributed by atoms with van der Waals surface area (Å²) in [5.41, 5.74) is 2.35. The van der Waals surface area contributed by atoms with E-state index in [1.165, 1.54) is 11.1 Å². The van der Waals surface area contributed by atoms with Gasteiger partial charge in [-0.25, -0.2) is 0 Å². The number of aliphatic hydroxyl groups is 1. The fraction of sp³-hybridized carbons (Fsp3) is 0.556. The Balaban J connectivity index is 1.36. The molecule has 1 fully saturated rings. The van der Waals surface area contributed by atoms with Gasteiger partial charge in [0.25, 0.3) is 0 Å². The Labute approximate surface area is 141 Å². The first kappa shape index (κ1) is 16.9. The Morgan fingerprint density at radius 2 is 1.96 bits per heavy atom. The van der Waals surface area contributed by atoms with Crippen LogP contribution in [0.3, 0.4) is 0 Å². The first-order valence-corrected chi connectivity index (χ1v) is 8.42. The van der Waals surface area contributed by atoms with Gasteiger partial charge in [-0.3, -0.25) is 9.59 Å². The summed E-state index contributed by atoms with van der Waals surface area (Å²) in [4.78, 5) is 25.7. The minimum atomic E-state index is -0.244. The SMILES string of the molecule is O=C(COCC(=O)N1CCc2ccccc2C1)NCC1(CO)CC1. The predicted molar refractivity (Wildman–Crippen MR) is 88.1 cm³/mol. The molecule has 0 saturated heterocycles.